The van der Waals surface area contributed by atoms with Gasteiger partial charge in [0.2, 0.25) is 10.0 Å². The third-order valence-electron chi connectivity index (χ3n) is 4.80. The number of carbonyl (C=O) groups is 1. The summed E-state index contributed by atoms with van der Waals surface area (Å²) in [5, 5.41) is 3.33. The molecule has 0 spiro atoms. The standard InChI is InChI=1S/C21H25ClN2O4S/c1-21(2,3)15-9-10-18-17(11-15)24(29(4,26)27)13-19(28-18)20(25)23-12-14-7-5-6-8-16(14)22/h5-11,19H,12-13H2,1-4H3,(H,23,25). The van der Waals surface area contributed by atoms with Crippen molar-refractivity contribution in [1.29, 1.82) is 0 Å². The Morgan fingerprint density at radius 1 is 1.24 bits per heavy atom. The molecule has 1 amide bonds. The summed E-state index contributed by atoms with van der Waals surface area (Å²) in [6.07, 6.45) is 0.171. The molecule has 6 nitrogen and oxygen atoms in total. The van der Waals surface area contributed by atoms with Crippen LogP contribution in [-0.2, 0) is 26.8 Å². The van der Waals surface area contributed by atoms with E-state index in [1.165, 1.54) is 4.31 Å². The van der Waals surface area contributed by atoms with Crippen molar-refractivity contribution in [1.82, 2.24) is 5.32 Å². The van der Waals surface area contributed by atoms with Gasteiger partial charge in [-0.3, -0.25) is 9.10 Å². The topological polar surface area (TPSA) is 75.7 Å². The number of carbonyl (C=O) groups excluding carboxylic acids is 1. The quantitative estimate of drug-likeness (QED) is 0.796. The number of hydrogen-bond donors (Lipinski definition) is 1. The highest BCUT2D eigenvalue weighted by Gasteiger charge is 2.35. The number of hydrogen-bond acceptors (Lipinski definition) is 4. The predicted octanol–water partition coefficient (Wildman–Crippen LogP) is 3.48. The maximum absolute atomic E-state index is 12.7. The van der Waals surface area contributed by atoms with E-state index in [1.54, 1.807) is 12.1 Å². The SMILES string of the molecule is CC(C)(C)c1ccc2c(c1)N(S(C)(=O)=O)CC(C(=O)NCc1ccccc1Cl)O2. The molecule has 0 fully saturated rings. The number of benzene rings is 2. The first-order valence-electron chi connectivity index (χ1n) is 9.27. The third kappa shape index (κ3) is 4.85. The number of fused-ring (bicyclic) bond motifs is 1. The number of anilines is 1. The Kier molecular flexibility index (Phi) is 5.83. The Morgan fingerprint density at radius 3 is 2.55 bits per heavy atom. The van der Waals surface area contributed by atoms with Gasteiger partial charge in [0.15, 0.2) is 6.10 Å². The van der Waals surface area contributed by atoms with Gasteiger partial charge in [-0.05, 0) is 34.7 Å². The van der Waals surface area contributed by atoms with Gasteiger partial charge in [0, 0.05) is 11.6 Å². The number of nitrogens with zero attached hydrogens (tertiary/aromatic N) is 1. The van der Waals surface area contributed by atoms with Crippen LogP contribution < -0.4 is 14.4 Å². The van der Waals surface area contributed by atoms with E-state index in [2.05, 4.69) is 5.32 Å². The van der Waals surface area contributed by atoms with Gasteiger partial charge in [0.25, 0.3) is 5.91 Å². The second-order valence-corrected chi connectivity index (χ2v) is 10.5. The Bertz CT molecular complexity index is 1030. The van der Waals surface area contributed by atoms with Crippen molar-refractivity contribution in [2.45, 2.75) is 38.8 Å². The van der Waals surface area contributed by atoms with E-state index < -0.39 is 22.0 Å². The molecule has 1 aliphatic heterocycles. The van der Waals surface area contributed by atoms with Crippen molar-refractivity contribution in [2.75, 3.05) is 17.1 Å². The highest BCUT2D eigenvalue weighted by atomic mass is 35.5. The molecule has 0 aliphatic carbocycles. The second kappa shape index (κ2) is 7.88. The van der Waals surface area contributed by atoms with Crippen LogP contribution in [-0.4, -0.2) is 33.2 Å². The lowest BCUT2D eigenvalue weighted by Crippen LogP contribution is -2.50. The number of nitrogens with one attached hydrogen (secondary N) is 1. The molecule has 8 heteroatoms. The van der Waals surface area contributed by atoms with Crippen LogP contribution >= 0.6 is 11.6 Å². The molecular weight excluding hydrogens is 412 g/mol. The molecule has 2 aromatic rings. The minimum Gasteiger partial charge on any atom is -0.476 e. The van der Waals surface area contributed by atoms with E-state index in [-0.39, 0.29) is 18.5 Å². The van der Waals surface area contributed by atoms with Crippen LogP contribution in [0.15, 0.2) is 42.5 Å². The maximum Gasteiger partial charge on any atom is 0.263 e. The molecule has 0 bridgehead atoms. The van der Waals surface area contributed by atoms with Crippen LogP contribution in [0.25, 0.3) is 0 Å². The van der Waals surface area contributed by atoms with Crippen LogP contribution in [0.2, 0.25) is 5.02 Å². The maximum atomic E-state index is 12.7. The molecule has 1 aliphatic rings. The summed E-state index contributed by atoms with van der Waals surface area (Å²) in [6.45, 7) is 6.29. The highest BCUT2D eigenvalue weighted by Crippen LogP contribution is 2.38. The summed E-state index contributed by atoms with van der Waals surface area (Å²) >= 11 is 6.12. The van der Waals surface area contributed by atoms with Crippen LogP contribution in [0.5, 0.6) is 5.75 Å². The van der Waals surface area contributed by atoms with Crippen LogP contribution in [0.1, 0.15) is 31.9 Å². The Hall–Kier alpha value is -2.25. The van der Waals surface area contributed by atoms with Crippen molar-refractivity contribution in [2.24, 2.45) is 0 Å². The molecule has 1 atom stereocenters. The summed E-state index contributed by atoms with van der Waals surface area (Å²) in [6, 6.07) is 12.6. The molecule has 3 rings (SSSR count). The Balaban J connectivity index is 1.85. The number of amides is 1. The van der Waals surface area contributed by atoms with Crippen LogP contribution in [0.3, 0.4) is 0 Å². The van der Waals surface area contributed by atoms with E-state index in [9.17, 15) is 13.2 Å². The van der Waals surface area contributed by atoms with Gasteiger partial charge in [0.1, 0.15) is 5.75 Å². The summed E-state index contributed by atoms with van der Waals surface area (Å²) in [7, 11) is -3.59. The smallest absolute Gasteiger partial charge is 0.263 e. The van der Waals surface area contributed by atoms with E-state index in [4.69, 9.17) is 16.3 Å². The molecule has 1 heterocycles. The van der Waals surface area contributed by atoms with Gasteiger partial charge in [-0.15, -0.1) is 0 Å². The molecule has 1 unspecified atom stereocenters. The summed E-state index contributed by atoms with van der Waals surface area (Å²) in [5.41, 5.74) is 2.06. The van der Waals surface area contributed by atoms with E-state index in [1.807, 2.05) is 51.1 Å². The molecular formula is C21H25ClN2O4S. The fourth-order valence-corrected chi connectivity index (χ4v) is 4.22. The van der Waals surface area contributed by atoms with Crippen LogP contribution in [0.4, 0.5) is 5.69 Å². The summed E-state index contributed by atoms with van der Waals surface area (Å²) < 4.78 is 31.9. The Labute approximate surface area is 176 Å². The lowest BCUT2D eigenvalue weighted by atomic mass is 9.86. The lowest BCUT2D eigenvalue weighted by molar-refractivity contribution is -0.127. The van der Waals surface area contributed by atoms with Gasteiger partial charge in [-0.2, -0.15) is 0 Å². The van der Waals surface area contributed by atoms with Gasteiger partial charge < -0.3 is 10.1 Å². The summed E-state index contributed by atoms with van der Waals surface area (Å²) in [5.74, 6) is -0.0308. The van der Waals surface area contributed by atoms with Crippen LogP contribution in [0, 0.1) is 0 Å². The molecule has 0 aromatic heterocycles. The first kappa shape index (κ1) is 21.5. The van der Waals surface area contributed by atoms with Gasteiger partial charge in [-0.1, -0.05) is 56.6 Å². The number of ether oxygens (including phenoxy) is 1. The molecule has 0 saturated carbocycles. The molecule has 2 aromatic carbocycles. The first-order valence-corrected chi connectivity index (χ1v) is 11.5. The van der Waals surface area contributed by atoms with Crippen molar-refractivity contribution >= 4 is 33.2 Å². The van der Waals surface area contributed by atoms with Crippen molar-refractivity contribution in [3.05, 3.63) is 58.6 Å². The lowest BCUT2D eigenvalue weighted by Gasteiger charge is -2.35. The van der Waals surface area contributed by atoms with Crippen molar-refractivity contribution < 1.29 is 17.9 Å². The summed E-state index contributed by atoms with van der Waals surface area (Å²) in [4.78, 5) is 12.7. The zero-order valence-electron chi connectivity index (χ0n) is 16.9. The van der Waals surface area contributed by atoms with E-state index in [0.717, 1.165) is 17.4 Å². The highest BCUT2D eigenvalue weighted by molar-refractivity contribution is 7.92. The Morgan fingerprint density at radius 2 is 1.93 bits per heavy atom. The minimum absolute atomic E-state index is 0.0895. The van der Waals surface area contributed by atoms with Gasteiger partial charge >= 0.3 is 0 Å². The van der Waals surface area contributed by atoms with Gasteiger partial charge in [0.05, 0.1) is 18.5 Å². The average Bonchev–Trinajstić information content (AvgIpc) is 2.64. The molecule has 0 saturated heterocycles. The molecule has 0 radical (unpaired) electrons. The third-order valence-corrected chi connectivity index (χ3v) is 6.31. The molecule has 29 heavy (non-hydrogen) atoms. The van der Waals surface area contributed by atoms with Crippen molar-refractivity contribution in [3.63, 3.8) is 0 Å². The zero-order chi connectivity index (χ0) is 21.4. The fraction of sp³-hybridized carbons (Fsp3) is 0.381. The largest absolute Gasteiger partial charge is 0.476 e. The number of rotatable bonds is 4. The zero-order valence-corrected chi connectivity index (χ0v) is 18.5. The van der Waals surface area contributed by atoms with E-state index >= 15 is 0 Å². The second-order valence-electron chi connectivity index (χ2n) is 8.14. The van der Waals surface area contributed by atoms with E-state index in [0.29, 0.717) is 16.5 Å². The number of sulfonamides is 1. The number of halogens is 1. The fourth-order valence-electron chi connectivity index (χ4n) is 3.11. The molecule has 156 valence electrons. The first-order chi connectivity index (χ1) is 13.5. The van der Waals surface area contributed by atoms with Gasteiger partial charge in [-0.25, -0.2) is 8.42 Å². The molecule has 1 N–H and O–H groups in total. The normalized spacial score (nSPS) is 16.7. The van der Waals surface area contributed by atoms with Crippen molar-refractivity contribution in [3.8, 4) is 5.75 Å². The average molecular weight is 437 g/mol. The predicted molar refractivity (Wildman–Crippen MR) is 115 cm³/mol. The monoisotopic (exact) mass is 436 g/mol. The minimum atomic E-state index is -3.59.